The lowest BCUT2D eigenvalue weighted by Gasteiger charge is -2.27. The Labute approximate surface area is 122 Å². The van der Waals surface area contributed by atoms with E-state index in [0.29, 0.717) is 18.4 Å². The molecule has 1 aliphatic carbocycles. The average Bonchev–Trinajstić information content (AvgIpc) is 2.39. The number of hydrogen-bond acceptors (Lipinski definition) is 3. The van der Waals surface area contributed by atoms with E-state index in [1.54, 1.807) is 0 Å². The van der Waals surface area contributed by atoms with Gasteiger partial charge in [-0.05, 0) is 24.7 Å². The van der Waals surface area contributed by atoms with Gasteiger partial charge in [0.15, 0.2) is 0 Å². The molecule has 1 aromatic carbocycles. The van der Waals surface area contributed by atoms with Crippen LogP contribution in [-0.2, 0) is 0 Å². The van der Waals surface area contributed by atoms with Gasteiger partial charge in [0.2, 0.25) is 0 Å². The van der Waals surface area contributed by atoms with E-state index in [2.05, 4.69) is 12.2 Å². The van der Waals surface area contributed by atoms with E-state index in [1.807, 2.05) is 0 Å². The summed E-state index contributed by atoms with van der Waals surface area (Å²) in [7, 11) is 0. The third kappa shape index (κ3) is 3.60. The highest BCUT2D eigenvalue weighted by Gasteiger charge is 2.21. The van der Waals surface area contributed by atoms with E-state index in [0.717, 1.165) is 25.0 Å². The minimum absolute atomic E-state index is 0.180. The van der Waals surface area contributed by atoms with Crippen molar-refractivity contribution in [2.24, 2.45) is 11.8 Å². The first-order valence-electron chi connectivity index (χ1n) is 6.84. The number of nitro groups is 1. The molecule has 0 amide bonds. The summed E-state index contributed by atoms with van der Waals surface area (Å²) >= 11 is 5.59. The topological polar surface area (TPSA) is 55.2 Å². The van der Waals surface area contributed by atoms with Crippen LogP contribution in [0, 0.1) is 27.8 Å². The highest BCUT2D eigenvalue weighted by molar-refractivity contribution is 6.31. The summed E-state index contributed by atoms with van der Waals surface area (Å²) < 4.78 is 13.5. The fraction of sp³-hybridized carbons (Fsp3) is 0.571. The number of halogens is 2. The number of benzene rings is 1. The largest absolute Gasteiger partial charge is 0.379 e. The fourth-order valence-electron chi connectivity index (χ4n) is 2.83. The lowest BCUT2D eigenvalue weighted by Crippen LogP contribution is -2.21. The molecule has 1 fully saturated rings. The van der Waals surface area contributed by atoms with Crippen LogP contribution in [0.2, 0.25) is 5.02 Å². The van der Waals surface area contributed by atoms with Crippen molar-refractivity contribution in [2.75, 3.05) is 11.9 Å². The Kier molecular flexibility index (Phi) is 4.81. The molecule has 0 radical (unpaired) electrons. The summed E-state index contributed by atoms with van der Waals surface area (Å²) in [5, 5.41) is 13.8. The molecule has 20 heavy (non-hydrogen) atoms. The maximum atomic E-state index is 13.5. The maximum absolute atomic E-state index is 13.5. The third-order valence-electron chi connectivity index (χ3n) is 3.86. The van der Waals surface area contributed by atoms with Crippen LogP contribution >= 0.6 is 11.6 Å². The molecule has 2 unspecified atom stereocenters. The summed E-state index contributed by atoms with van der Waals surface area (Å²) in [6.45, 7) is 2.85. The zero-order valence-corrected chi connectivity index (χ0v) is 12.1. The molecule has 0 bridgehead atoms. The van der Waals surface area contributed by atoms with Crippen LogP contribution in [0.5, 0.6) is 0 Å². The number of anilines is 1. The SMILES string of the molecule is CC1CCCC(CNc2cc(F)c(Cl)cc2[N+](=O)[O-])C1. The van der Waals surface area contributed by atoms with E-state index in [1.165, 1.54) is 12.8 Å². The highest BCUT2D eigenvalue weighted by Crippen LogP contribution is 2.32. The van der Waals surface area contributed by atoms with Crippen LogP contribution in [0.4, 0.5) is 15.8 Å². The highest BCUT2D eigenvalue weighted by atomic mass is 35.5. The smallest absolute Gasteiger partial charge is 0.294 e. The molecular weight excluding hydrogens is 283 g/mol. The number of nitro benzene ring substituents is 1. The predicted octanol–water partition coefficient (Wildman–Crippen LogP) is 4.63. The average molecular weight is 301 g/mol. The van der Waals surface area contributed by atoms with Gasteiger partial charge < -0.3 is 5.32 Å². The number of nitrogens with one attached hydrogen (secondary N) is 1. The van der Waals surface area contributed by atoms with Gasteiger partial charge in [-0.1, -0.05) is 31.4 Å². The molecule has 0 saturated heterocycles. The second kappa shape index (κ2) is 6.39. The van der Waals surface area contributed by atoms with Gasteiger partial charge >= 0.3 is 0 Å². The van der Waals surface area contributed by atoms with Gasteiger partial charge in [0.1, 0.15) is 11.5 Å². The van der Waals surface area contributed by atoms with Crippen molar-refractivity contribution in [1.29, 1.82) is 0 Å². The normalized spacial score (nSPS) is 22.6. The lowest BCUT2D eigenvalue weighted by molar-refractivity contribution is -0.384. The summed E-state index contributed by atoms with van der Waals surface area (Å²) in [4.78, 5) is 10.4. The number of nitrogens with zero attached hydrogens (tertiary/aromatic N) is 1. The van der Waals surface area contributed by atoms with Crippen molar-refractivity contribution in [1.82, 2.24) is 0 Å². The predicted molar refractivity (Wildman–Crippen MR) is 77.7 cm³/mol. The van der Waals surface area contributed by atoms with Crippen molar-refractivity contribution in [3.8, 4) is 0 Å². The molecule has 4 nitrogen and oxygen atoms in total. The van der Waals surface area contributed by atoms with Gasteiger partial charge in [-0.15, -0.1) is 0 Å². The van der Waals surface area contributed by atoms with Crippen LogP contribution in [0.1, 0.15) is 32.6 Å². The van der Waals surface area contributed by atoms with Gasteiger partial charge in [-0.2, -0.15) is 0 Å². The summed E-state index contributed by atoms with van der Waals surface area (Å²) in [6.07, 6.45) is 4.65. The van der Waals surface area contributed by atoms with E-state index in [-0.39, 0.29) is 16.4 Å². The van der Waals surface area contributed by atoms with Gasteiger partial charge in [0.05, 0.1) is 9.95 Å². The van der Waals surface area contributed by atoms with Crippen LogP contribution < -0.4 is 5.32 Å². The van der Waals surface area contributed by atoms with Crippen LogP contribution in [-0.4, -0.2) is 11.5 Å². The van der Waals surface area contributed by atoms with Crippen molar-refractivity contribution in [3.05, 3.63) is 33.1 Å². The molecule has 0 aliphatic heterocycles. The van der Waals surface area contributed by atoms with Crippen LogP contribution in [0.25, 0.3) is 0 Å². The lowest BCUT2D eigenvalue weighted by atomic mass is 9.82. The second-order valence-corrected chi connectivity index (χ2v) is 5.97. The van der Waals surface area contributed by atoms with Crippen LogP contribution in [0.15, 0.2) is 12.1 Å². The first kappa shape index (κ1) is 15.0. The monoisotopic (exact) mass is 300 g/mol. The molecule has 0 spiro atoms. The van der Waals surface area contributed by atoms with Gasteiger partial charge in [0, 0.05) is 18.7 Å². The molecular formula is C14H18ClFN2O2. The van der Waals surface area contributed by atoms with Crippen molar-refractivity contribution >= 4 is 23.0 Å². The molecule has 1 aliphatic rings. The molecule has 6 heteroatoms. The Morgan fingerprint density at radius 2 is 2.25 bits per heavy atom. The summed E-state index contributed by atoms with van der Waals surface area (Å²) in [5.41, 5.74) is 0.0235. The molecule has 0 heterocycles. The van der Waals surface area contributed by atoms with Gasteiger partial charge in [-0.25, -0.2) is 4.39 Å². The Morgan fingerprint density at radius 3 is 2.90 bits per heavy atom. The molecule has 1 saturated carbocycles. The second-order valence-electron chi connectivity index (χ2n) is 5.56. The van der Waals surface area contributed by atoms with Gasteiger partial charge in [-0.3, -0.25) is 10.1 Å². The summed E-state index contributed by atoms with van der Waals surface area (Å²) in [5.74, 6) is 0.529. The van der Waals surface area contributed by atoms with E-state index in [9.17, 15) is 14.5 Å². The maximum Gasteiger partial charge on any atom is 0.294 e. The first-order chi connectivity index (χ1) is 9.47. The van der Waals surface area contributed by atoms with Crippen molar-refractivity contribution in [3.63, 3.8) is 0 Å². The van der Waals surface area contributed by atoms with Crippen molar-refractivity contribution in [2.45, 2.75) is 32.6 Å². The number of rotatable bonds is 4. The van der Waals surface area contributed by atoms with E-state index >= 15 is 0 Å². The molecule has 110 valence electrons. The molecule has 2 atom stereocenters. The zero-order valence-electron chi connectivity index (χ0n) is 11.4. The van der Waals surface area contributed by atoms with E-state index in [4.69, 9.17) is 11.6 Å². The Bertz CT molecular complexity index is 510. The van der Waals surface area contributed by atoms with E-state index < -0.39 is 10.7 Å². The summed E-state index contributed by atoms with van der Waals surface area (Å²) in [6, 6.07) is 2.16. The Balaban J connectivity index is 2.08. The minimum Gasteiger partial charge on any atom is -0.379 e. The quantitative estimate of drug-likeness (QED) is 0.651. The zero-order chi connectivity index (χ0) is 14.7. The van der Waals surface area contributed by atoms with Crippen LogP contribution in [0.3, 0.4) is 0 Å². The van der Waals surface area contributed by atoms with Gasteiger partial charge in [0.25, 0.3) is 5.69 Å². The fourth-order valence-corrected chi connectivity index (χ4v) is 2.99. The molecule has 1 aromatic rings. The standard InChI is InChI=1S/C14H18ClFN2O2/c1-9-3-2-4-10(5-9)8-17-13-7-12(16)11(15)6-14(13)18(19)20/h6-7,9-10,17H,2-5,8H2,1H3. The number of hydrogen-bond donors (Lipinski definition) is 1. The van der Waals surface area contributed by atoms with Crippen molar-refractivity contribution < 1.29 is 9.31 Å². The Hall–Kier alpha value is -1.36. The first-order valence-corrected chi connectivity index (χ1v) is 7.22. The third-order valence-corrected chi connectivity index (χ3v) is 4.15. The Morgan fingerprint density at radius 1 is 1.50 bits per heavy atom. The minimum atomic E-state index is -0.642. The molecule has 2 rings (SSSR count). The molecule has 1 N–H and O–H groups in total. The molecule has 0 aromatic heterocycles.